The minimum absolute atomic E-state index is 0.0478. The quantitative estimate of drug-likeness (QED) is 0.749. The highest BCUT2D eigenvalue weighted by molar-refractivity contribution is 7.89. The normalized spacial score (nSPS) is 16.4. The topological polar surface area (TPSA) is 122 Å². The number of carbonyl (C=O) groups excluding carboxylic acids is 1. The number of alkyl halides is 3. The predicted molar refractivity (Wildman–Crippen MR) is 99.9 cm³/mol. The van der Waals surface area contributed by atoms with Crippen molar-refractivity contribution in [1.29, 1.82) is 5.26 Å². The van der Waals surface area contributed by atoms with Gasteiger partial charge in [0, 0.05) is 19.0 Å². The molecule has 2 N–H and O–H groups in total. The van der Waals surface area contributed by atoms with Crippen LogP contribution < -0.4 is 5.73 Å². The molecule has 2 heterocycles. The van der Waals surface area contributed by atoms with Gasteiger partial charge in [-0.3, -0.25) is 4.79 Å². The smallest absolute Gasteiger partial charge is 0.382 e. The summed E-state index contributed by atoms with van der Waals surface area (Å²) in [5.74, 6) is -1.17. The number of anilines is 1. The van der Waals surface area contributed by atoms with Crippen LogP contribution in [0, 0.1) is 17.2 Å². The monoisotopic (exact) mass is 461 g/mol. The molecule has 0 spiro atoms. The summed E-state index contributed by atoms with van der Waals surface area (Å²) < 4.78 is 66.6. The molecule has 1 aliphatic heterocycles. The second-order valence-corrected chi connectivity index (χ2v) is 8.97. The van der Waals surface area contributed by atoms with Gasteiger partial charge in [-0.15, -0.1) is 0 Å². The standard InChI is InChI=1S/C17H15ClF3N5O3S/c18-14-2-1-12(7-13(14)17(19,20)21)30(28,29)25-5-3-10(4-6-25)16(27)26-15(23)11(8-22)9-24-26/h1-2,7,9-10H,3-6,23H2. The Labute approximate surface area is 174 Å². The van der Waals surface area contributed by atoms with E-state index in [0.717, 1.165) is 27.3 Å². The number of sulfonamides is 1. The summed E-state index contributed by atoms with van der Waals surface area (Å²) in [7, 11) is -4.21. The number of hydrogen-bond acceptors (Lipinski definition) is 6. The predicted octanol–water partition coefficient (Wildman–Crippen LogP) is 2.75. The molecule has 0 aliphatic carbocycles. The second-order valence-electron chi connectivity index (χ2n) is 6.62. The Hall–Kier alpha value is -2.62. The fourth-order valence-corrected chi connectivity index (χ4v) is 4.89. The maximum Gasteiger partial charge on any atom is 0.417 e. The molecule has 13 heteroatoms. The van der Waals surface area contributed by atoms with Gasteiger partial charge >= 0.3 is 6.18 Å². The van der Waals surface area contributed by atoms with Crippen LogP contribution in [0.3, 0.4) is 0 Å². The first-order valence-electron chi connectivity index (χ1n) is 8.61. The molecular weight excluding hydrogens is 447 g/mol. The number of hydrogen-bond donors (Lipinski definition) is 1. The number of halogens is 4. The number of nitrogens with zero attached hydrogens (tertiary/aromatic N) is 4. The van der Waals surface area contributed by atoms with Crippen molar-refractivity contribution in [2.24, 2.45) is 5.92 Å². The van der Waals surface area contributed by atoms with Gasteiger partial charge in [0.15, 0.2) is 0 Å². The van der Waals surface area contributed by atoms with Gasteiger partial charge in [-0.2, -0.15) is 32.5 Å². The fraction of sp³-hybridized carbons (Fsp3) is 0.353. The fourth-order valence-electron chi connectivity index (χ4n) is 3.17. The van der Waals surface area contributed by atoms with Gasteiger partial charge in [0.05, 0.1) is 21.7 Å². The van der Waals surface area contributed by atoms with Gasteiger partial charge in [0.25, 0.3) is 5.91 Å². The largest absolute Gasteiger partial charge is 0.417 e. The molecule has 1 aliphatic rings. The molecule has 0 unspecified atom stereocenters. The van der Waals surface area contributed by atoms with Crippen LogP contribution >= 0.6 is 11.6 Å². The van der Waals surface area contributed by atoms with Gasteiger partial charge < -0.3 is 5.73 Å². The Morgan fingerprint density at radius 3 is 2.47 bits per heavy atom. The zero-order chi connectivity index (χ0) is 22.3. The summed E-state index contributed by atoms with van der Waals surface area (Å²) in [6, 6.07) is 4.20. The molecule has 8 nitrogen and oxygen atoms in total. The number of benzene rings is 1. The summed E-state index contributed by atoms with van der Waals surface area (Å²) in [6.07, 6.45) is -3.39. The van der Waals surface area contributed by atoms with Gasteiger partial charge in [-0.25, -0.2) is 8.42 Å². The Balaban J connectivity index is 1.76. The Morgan fingerprint density at radius 1 is 1.30 bits per heavy atom. The lowest BCUT2D eigenvalue weighted by molar-refractivity contribution is -0.137. The van der Waals surface area contributed by atoms with E-state index < -0.39 is 43.5 Å². The Kier molecular flexibility index (Phi) is 5.81. The van der Waals surface area contributed by atoms with Crippen molar-refractivity contribution in [3.63, 3.8) is 0 Å². The summed E-state index contributed by atoms with van der Waals surface area (Å²) >= 11 is 5.55. The number of aromatic nitrogens is 2. The van der Waals surface area contributed by atoms with E-state index in [2.05, 4.69) is 5.10 Å². The van der Waals surface area contributed by atoms with Crippen molar-refractivity contribution in [2.75, 3.05) is 18.8 Å². The average Bonchev–Trinajstić information content (AvgIpc) is 3.07. The van der Waals surface area contributed by atoms with E-state index in [9.17, 15) is 26.4 Å². The highest BCUT2D eigenvalue weighted by atomic mass is 35.5. The van der Waals surface area contributed by atoms with Crippen LogP contribution in [0.25, 0.3) is 0 Å². The zero-order valence-electron chi connectivity index (χ0n) is 15.2. The first-order valence-corrected chi connectivity index (χ1v) is 10.4. The number of piperidine rings is 1. The maximum atomic E-state index is 13.1. The van der Waals surface area contributed by atoms with Crippen LogP contribution in [-0.4, -0.2) is 41.5 Å². The van der Waals surface area contributed by atoms with Crippen LogP contribution in [0.2, 0.25) is 5.02 Å². The Bertz CT molecular complexity index is 1130. The molecule has 1 aromatic heterocycles. The van der Waals surface area contributed by atoms with Crippen molar-refractivity contribution in [3.05, 3.63) is 40.5 Å². The number of rotatable bonds is 3. The van der Waals surface area contributed by atoms with Crippen LogP contribution in [0.15, 0.2) is 29.3 Å². The molecule has 0 saturated carbocycles. The van der Waals surface area contributed by atoms with Gasteiger partial charge in [-0.05, 0) is 31.0 Å². The van der Waals surface area contributed by atoms with Gasteiger partial charge in [-0.1, -0.05) is 11.6 Å². The number of carbonyl (C=O) groups is 1. The van der Waals surface area contributed by atoms with E-state index in [4.69, 9.17) is 22.6 Å². The first kappa shape index (κ1) is 22.1. The summed E-state index contributed by atoms with van der Waals surface area (Å²) in [5, 5.41) is 12.1. The molecule has 0 bridgehead atoms. The number of nitrogens with two attached hydrogens (primary N) is 1. The molecule has 1 saturated heterocycles. The summed E-state index contributed by atoms with van der Waals surface area (Å²) in [4.78, 5) is 12.0. The van der Waals surface area contributed by atoms with Crippen LogP contribution in [0.1, 0.15) is 28.8 Å². The molecule has 0 atom stereocenters. The van der Waals surface area contributed by atoms with Crippen molar-refractivity contribution < 1.29 is 26.4 Å². The second kappa shape index (κ2) is 7.90. The lowest BCUT2D eigenvalue weighted by Crippen LogP contribution is -2.41. The molecule has 0 radical (unpaired) electrons. The van der Waals surface area contributed by atoms with Crippen molar-refractivity contribution in [1.82, 2.24) is 14.1 Å². The van der Waals surface area contributed by atoms with E-state index in [-0.39, 0.29) is 37.3 Å². The van der Waals surface area contributed by atoms with E-state index in [1.165, 1.54) is 0 Å². The third-order valence-corrected chi connectivity index (χ3v) is 7.04. The molecule has 30 heavy (non-hydrogen) atoms. The number of nitriles is 1. The lowest BCUT2D eigenvalue weighted by Gasteiger charge is -2.30. The summed E-state index contributed by atoms with van der Waals surface area (Å²) in [5.41, 5.74) is 4.51. The van der Waals surface area contributed by atoms with E-state index >= 15 is 0 Å². The highest BCUT2D eigenvalue weighted by Gasteiger charge is 2.37. The molecule has 3 rings (SSSR count). The highest BCUT2D eigenvalue weighted by Crippen LogP contribution is 2.37. The van der Waals surface area contributed by atoms with Crippen molar-refractivity contribution in [3.8, 4) is 6.07 Å². The minimum atomic E-state index is -4.80. The van der Waals surface area contributed by atoms with Crippen LogP contribution in [0.4, 0.5) is 19.0 Å². The third kappa shape index (κ3) is 4.00. The Morgan fingerprint density at radius 2 is 1.93 bits per heavy atom. The third-order valence-electron chi connectivity index (χ3n) is 4.82. The average molecular weight is 462 g/mol. The zero-order valence-corrected chi connectivity index (χ0v) is 16.8. The summed E-state index contributed by atoms with van der Waals surface area (Å²) in [6.45, 7) is -0.149. The van der Waals surface area contributed by atoms with E-state index in [1.54, 1.807) is 6.07 Å². The number of nitrogen functional groups attached to an aromatic ring is 1. The van der Waals surface area contributed by atoms with Crippen LogP contribution in [0.5, 0.6) is 0 Å². The van der Waals surface area contributed by atoms with E-state index in [1.807, 2.05) is 0 Å². The van der Waals surface area contributed by atoms with Gasteiger partial charge in [0.2, 0.25) is 10.0 Å². The van der Waals surface area contributed by atoms with Crippen LogP contribution in [-0.2, 0) is 16.2 Å². The van der Waals surface area contributed by atoms with Crippen molar-refractivity contribution in [2.45, 2.75) is 23.9 Å². The minimum Gasteiger partial charge on any atom is -0.382 e. The molecule has 2 aromatic rings. The molecule has 1 aromatic carbocycles. The maximum absolute atomic E-state index is 13.1. The van der Waals surface area contributed by atoms with Crippen molar-refractivity contribution >= 4 is 33.3 Å². The lowest BCUT2D eigenvalue weighted by atomic mass is 9.97. The molecule has 0 amide bonds. The first-order chi connectivity index (χ1) is 14.0. The van der Waals surface area contributed by atoms with Gasteiger partial charge in [0.1, 0.15) is 17.5 Å². The molecule has 160 valence electrons. The SMILES string of the molecule is N#Cc1cnn(C(=O)C2CCN(S(=O)(=O)c3ccc(Cl)c(C(F)(F)F)c3)CC2)c1N. The van der Waals surface area contributed by atoms with E-state index in [0.29, 0.717) is 6.07 Å². The molecular formula is C17H15ClF3N5O3S. The molecule has 1 fully saturated rings.